The number of ether oxygens (including phenoxy) is 1. The van der Waals surface area contributed by atoms with Crippen LogP contribution in [0.4, 0.5) is 0 Å². The van der Waals surface area contributed by atoms with Crippen LogP contribution < -0.4 is 10.1 Å². The molecule has 0 fully saturated rings. The molecule has 1 amide bonds. The highest BCUT2D eigenvalue weighted by atomic mass is 79.9. The quantitative estimate of drug-likeness (QED) is 0.852. The highest BCUT2D eigenvalue weighted by molar-refractivity contribution is 9.10. The molecule has 0 saturated carbocycles. The van der Waals surface area contributed by atoms with Crippen molar-refractivity contribution in [3.05, 3.63) is 29.8 Å². The number of carbonyl (C=O) groups is 1. The summed E-state index contributed by atoms with van der Waals surface area (Å²) in [5.74, 6) is 0.765. The lowest BCUT2D eigenvalue weighted by Gasteiger charge is -2.10. The summed E-state index contributed by atoms with van der Waals surface area (Å²) in [7, 11) is 1.62. The minimum absolute atomic E-state index is 0.0269. The zero-order chi connectivity index (χ0) is 11.3. The molecule has 0 bridgehead atoms. The van der Waals surface area contributed by atoms with Crippen LogP contribution in [-0.4, -0.2) is 17.8 Å². The summed E-state index contributed by atoms with van der Waals surface area (Å²) in [6, 6.07) is 7.62. The number of nitrogens with one attached hydrogen (secondary N) is 1. The number of benzene rings is 1. The van der Waals surface area contributed by atoms with E-state index >= 15 is 0 Å². The van der Waals surface area contributed by atoms with Crippen LogP contribution in [0.15, 0.2) is 24.3 Å². The van der Waals surface area contributed by atoms with Crippen LogP contribution in [0.2, 0.25) is 0 Å². The molecule has 1 aromatic carbocycles. The second-order valence-electron chi connectivity index (χ2n) is 3.15. The Labute approximate surface area is 97.9 Å². The monoisotopic (exact) mass is 271 g/mol. The van der Waals surface area contributed by atoms with E-state index in [1.165, 1.54) is 0 Å². The number of rotatable bonds is 4. The van der Waals surface area contributed by atoms with E-state index in [0.717, 1.165) is 11.3 Å². The van der Waals surface area contributed by atoms with Gasteiger partial charge in [0, 0.05) is 12.1 Å². The second kappa shape index (κ2) is 5.75. The minimum atomic E-state index is -0.174. The molecule has 0 aromatic heterocycles. The van der Waals surface area contributed by atoms with Gasteiger partial charge in [0.15, 0.2) is 0 Å². The molecule has 1 aromatic rings. The summed E-state index contributed by atoms with van der Waals surface area (Å²) in [6.45, 7) is 2.27. The van der Waals surface area contributed by atoms with Gasteiger partial charge in [-0.05, 0) is 13.0 Å². The first-order valence-corrected chi connectivity index (χ1v) is 5.60. The van der Waals surface area contributed by atoms with E-state index in [4.69, 9.17) is 4.74 Å². The van der Waals surface area contributed by atoms with Gasteiger partial charge in [-0.25, -0.2) is 0 Å². The number of hydrogen-bond donors (Lipinski definition) is 1. The first-order chi connectivity index (χ1) is 7.15. The summed E-state index contributed by atoms with van der Waals surface area (Å²) in [5.41, 5.74) is 0.974. The number of alkyl halides is 1. The Balaban J connectivity index is 2.61. The Hall–Kier alpha value is -1.03. The van der Waals surface area contributed by atoms with E-state index in [1.807, 2.05) is 24.3 Å². The van der Waals surface area contributed by atoms with Crippen molar-refractivity contribution in [2.24, 2.45) is 0 Å². The van der Waals surface area contributed by atoms with Crippen molar-refractivity contribution in [2.45, 2.75) is 18.3 Å². The molecule has 1 atom stereocenters. The summed E-state index contributed by atoms with van der Waals surface area (Å²) < 4.78 is 5.18. The molecule has 1 rings (SSSR count). The summed E-state index contributed by atoms with van der Waals surface area (Å²) in [4.78, 5) is 11.1. The van der Waals surface area contributed by atoms with Crippen LogP contribution in [0.5, 0.6) is 5.75 Å². The number of amides is 1. The van der Waals surface area contributed by atoms with E-state index in [-0.39, 0.29) is 10.7 Å². The zero-order valence-electron chi connectivity index (χ0n) is 8.79. The van der Waals surface area contributed by atoms with Crippen LogP contribution in [0.1, 0.15) is 12.5 Å². The highest BCUT2D eigenvalue weighted by Gasteiger charge is 2.08. The van der Waals surface area contributed by atoms with E-state index in [1.54, 1.807) is 14.0 Å². The van der Waals surface area contributed by atoms with Gasteiger partial charge in [0.1, 0.15) is 5.75 Å². The normalized spacial score (nSPS) is 11.9. The average molecular weight is 272 g/mol. The maximum Gasteiger partial charge on any atom is 0.233 e. The smallest absolute Gasteiger partial charge is 0.233 e. The summed E-state index contributed by atoms with van der Waals surface area (Å²) >= 11 is 3.21. The molecule has 1 unspecified atom stereocenters. The Bertz CT molecular complexity index is 339. The third-order valence-corrected chi connectivity index (χ3v) is 2.42. The SMILES string of the molecule is COc1ccccc1CNC(=O)C(C)Br. The molecule has 3 nitrogen and oxygen atoms in total. The lowest BCUT2D eigenvalue weighted by Crippen LogP contribution is -2.28. The molecular weight excluding hydrogens is 258 g/mol. The van der Waals surface area contributed by atoms with Crippen LogP contribution in [0, 0.1) is 0 Å². The van der Waals surface area contributed by atoms with Crippen molar-refractivity contribution in [3.8, 4) is 5.75 Å². The van der Waals surface area contributed by atoms with Crippen molar-refractivity contribution in [3.63, 3.8) is 0 Å². The lowest BCUT2D eigenvalue weighted by molar-refractivity contribution is -0.120. The van der Waals surface area contributed by atoms with E-state index < -0.39 is 0 Å². The van der Waals surface area contributed by atoms with E-state index in [0.29, 0.717) is 6.54 Å². The predicted molar refractivity (Wildman–Crippen MR) is 63.2 cm³/mol. The lowest BCUT2D eigenvalue weighted by atomic mass is 10.2. The fourth-order valence-electron chi connectivity index (χ4n) is 1.17. The largest absolute Gasteiger partial charge is 0.496 e. The van der Waals surface area contributed by atoms with Gasteiger partial charge in [-0.3, -0.25) is 4.79 Å². The highest BCUT2D eigenvalue weighted by Crippen LogP contribution is 2.16. The predicted octanol–water partition coefficient (Wildman–Crippen LogP) is 2.09. The maximum absolute atomic E-state index is 11.3. The number of methoxy groups -OCH3 is 1. The fourth-order valence-corrected chi connectivity index (χ4v) is 1.33. The van der Waals surface area contributed by atoms with Crippen LogP contribution in [0.3, 0.4) is 0 Å². The molecule has 0 aliphatic rings. The number of para-hydroxylation sites is 1. The first kappa shape index (κ1) is 12.0. The maximum atomic E-state index is 11.3. The number of carbonyl (C=O) groups excluding carboxylic acids is 1. The van der Waals surface area contributed by atoms with Crippen molar-refractivity contribution in [2.75, 3.05) is 7.11 Å². The van der Waals surface area contributed by atoms with Crippen molar-refractivity contribution >= 4 is 21.8 Å². The van der Waals surface area contributed by atoms with Crippen LogP contribution in [-0.2, 0) is 11.3 Å². The van der Waals surface area contributed by atoms with Crippen LogP contribution >= 0.6 is 15.9 Å². The van der Waals surface area contributed by atoms with Crippen molar-refractivity contribution in [1.29, 1.82) is 0 Å². The van der Waals surface area contributed by atoms with Crippen molar-refractivity contribution < 1.29 is 9.53 Å². The van der Waals surface area contributed by atoms with Gasteiger partial charge < -0.3 is 10.1 Å². The zero-order valence-corrected chi connectivity index (χ0v) is 10.4. The van der Waals surface area contributed by atoms with Gasteiger partial charge in [0.2, 0.25) is 5.91 Å². The van der Waals surface area contributed by atoms with Gasteiger partial charge in [-0.2, -0.15) is 0 Å². The molecule has 0 saturated heterocycles. The molecule has 0 aliphatic heterocycles. The second-order valence-corrected chi connectivity index (χ2v) is 4.52. The Morgan fingerprint density at radius 1 is 1.53 bits per heavy atom. The summed E-state index contributed by atoms with van der Waals surface area (Å²) in [5, 5.41) is 2.81. The van der Waals surface area contributed by atoms with Gasteiger partial charge in [0.05, 0.1) is 11.9 Å². The molecular formula is C11H14BrNO2. The van der Waals surface area contributed by atoms with E-state index in [9.17, 15) is 4.79 Å². The molecule has 82 valence electrons. The molecule has 4 heteroatoms. The minimum Gasteiger partial charge on any atom is -0.496 e. The molecule has 15 heavy (non-hydrogen) atoms. The molecule has 0 aliphatic carbocycles. The third-order valence-electron chi connectivity index (χ3n) is 2.01. The van der Waals surface area contributed by atoms with Crippen LogP contribution in [0.25, 0.3) is 0 Å². The fraction of sp³-hybridized carbons (Fsp3) is 0.364. The number of hydrogen-bond acceptors (Lipinski definition) is 2. The summed E-state index contributed by atoms with van der Waals surface area (Å²) in [6.07, 6.45) is 0. The first-order valence-electron chi connectivity index (χ1n) is 4.69. The molecule has 0 spiro atoms. The third kappa shape index (κ3) is 3.55. The van der Waals surface area contributed by atoms with E-state index in [2.05, 4.69) is 21.2 Å². The van der Waals surface area contributed by atoms with Crippen molar-refractivity contribution in [1.82, 2.24) is 5.32 Å². The number of halogens is 1. The molecule has 0 radical (unpaired) electrons. The Morgan fingerprint density at radius 2 is 2.20 bits per heavy atom. The van der Waals surface area contributed by atoms with Gasteiger partial charge in [0.25, 0.3) is 0 Å². The Morgan fingerprint density at radius 3 is 2.80 bits per heavy atom. The Kier molecular flexibility index (Phi) is 4.62. The molecule has 1 N–H and O–H groups in total. The topological polar surface area (TPSA) is 38.3 Å². The van der Waals surface area contributed by atoms with Gasteiger partial charge >= 0.3 is 0 Å². The van der Waals surface area contributed by atoms with Gasteiger partial charge in [-0.1, -0.05) is 34.1 Å². The van der Waals surface area contributed by atoms with Gasteiger partial charge in [-0.15, -0.1) is 0 Å². The molecule has 0 heterocycles. The standard InChI is InChI=1S/C11H14BrNO2/c1-8(12)11(14)13-7-9-5-3-4-6-10(9)15-2/h3-6,8H,7H2,1-2H3,(H,13,14). The average Bonchev–Trinajstić information content (AvgIpc) is 2.26.